The highest BCUT2D eigenvalue weighted by Crippen LogP contribution is 2.61. The van der Waals surface area contributed by atoms with E-state index in [4.69, 9.17) is 0 Å². The highest BCUT2D eigenvalue weighted by atomic mass is 14.5. The summed E-state index contributed by atoms with van der Waals surface area (Å²) < 4.78 is 0. The molecule has 0 unspecified atom stereocenters. The summed E-state index contributed by atoms with van der Waals surface area (Å²) in [6.07, 6.45) is 2.62. The van der Waals surface area contributed by atoms with Crippen molar-refractivity contribution in [1.82, 2.24) is 0 Å². The van der Waals surface area contributed by atoms with Gasteiger partial charge in [-0.1, -0.05) is 71.9 Å². The first-order valence-corrected chi connectivity index (χ1v) is 7.19. The Bertz CT molecular complexity index is 389. The van der Waals surface area contributed by atoms with E-state index in [1.165, 1.54) is 18.4 Å². The van der Waals surface area contributed by atoms with E-state index < -0.39 is 0 Å². The average molecular weight is 244 g/mol. The van der Waals surface area contributed by atoms with Gasteiger partial charge in [-0.2, -0.15) is 0 Å². The molecule has 0 N–H and O–H groups in total. The first kappa shape index (κ1) is 13.6. The molecule has 18 heavy (non-hydrogen) atoms. The van der Waals surface area contributed by atoms with Crippen molar-refractivity contribution in [3.05, 3.63) is 35.9 Å². The molecule has 0 amide bonds. The van der Waals surface area contributed by atoms with E-state index in [-0.39, 0.29) is 0 Å². The molecule has 0 nitrogen and oxygen atoms in total. The molecule has 0 heterocycles. The summed E-state index contributed by atoms with van der Waals surface area (Å²) in [6.45, 7) is 14.7. The lowest BCUT2D eigenvalue weighted by Crippen LogP contribution is -2.45. The molecule has 0 spiro atoms. The molecule has 0 heteroatoms. The smallest absolute Gasteiger partial charge is 0.00589 e. The van der Waals surface area contributed by atoms with Gasteiger partial charge in [-0.15, -0.1) is 0 Å². The topological polar surface area (TPSA) is 0 Å². The SMILES string of the molecule is CC1(C)CC(C)(C)C(c2ccccc2)C(C)(C)C1. The van der Waals surface area contributed by atoms with Crippen molar-refractivity contribution in [2.75, 3.05) is 0 Å². The third-order valence-electron chi connectivity index (χ3n) is 4.56. The van der Waals surface area contributed by atoms with Gasteiger partial charge in [-0.3, -0.25) is 0 Å². The minimum Gasteiger partial charge on any atom is -0.0622 e. The number of benzene rings is 1. The van der Waals surface area contributed by atoms with Crippen molar-refractivity contribution in [1.29, 1.82) is 0 Å². The van der Waals surface area contributed by atoms with Gasteiger partial charge in [-0.25, -0.2) is 0 Å². The summed E-state index contributed by atoms with van der Waals surface area (Å²) in [5.74, 6) is 0.652. The fourth-order valence-electron chi connectivity index (χ4n) is 5.34. The molecule has 1 aliphatic rings. The van der Waals surface area contributed by atoms with Crippen LogP contribution in [0.15, 0.2) is 30.3 Å². The lowest BCUT2D eigenvalue weighted by atomic mass is 9.49. The van der Waals surface area contributed by atoms with Crippen LogP contribution in [0.2, 0.25) is 0 Å². The Morgan fingerprint density at radius 3 is 1.67 bits per heavy atom. The van der Waals surface area contributed by atoms with Gasteiger partial charge in [0.25, 0.3) is 0 Å². The van der Waals surface area contributed by atoms with Crippen LogP contribution >= 0.6 is 0 Å². The van der Waals surface area contributed by atoms with Crippen LogP contribution in [0.25, 0.3) is 0 Å². The molecule has 2 rings (SSSR count). The fraction of sp³-hybridized carbons (Fsp3) is 0.667. The minimum atomic E-state index is 0.368. The standard InChI is InChI=1S/C18H28/c1-16(2)12-17(3,4)15(18(5,6)13-16)14-10-8-7-9-11-14/h7-11,15H,12-13H2,1-6H3. The predicted octanol–water partition coefficient (Wildman–Crippen LogP) is 5.64. The lowest BCUT2D eigenvalue weighted by Gasteiger charge is -2.55. The number of rotatable bonds is 1. The minimum absolute atomic E-state index is 0.368. The van der Waals surface area contributed by atoms with Crippen molar-refractivity contribution in [3.8, 4) is 0 Å². The zero-order valence-electron chi connectivity index (χ0n) is 12.9. The van der Waals surface area contributed by atoms with E-state index in [1.807, 2.05) is 0 Å². The second-order valence-corrected chi connectivity index (χ2v) is 8.34. The Morgan fingerprint density at radius 1 is 0.778 bits per heavy atom. The first-order chi connectivity index (χ1) is 8.14. The fourth-order valence-corrected chi connectivity index (χ4v) is 5.34. The lowest BCUT2D eigenvalue weighted by molar-refractivity contribution is -0.00952. The molecule has 0 atom stereocenters. The number of hydrogen-bond donors (Lipinski definition) is 0. The number of hydrogen-bond acceptors (Lipinski definition) is 0. The van der Waals surface area contributed by atoms with E-state index >= 15 is 0 Å². The molecule has 0 aromatic heterocycles. The van der Waals surface area contributed by atoms with Gasteiger partial charge in [0.1, 0.15) is 0 Å². The maximum absolute atomic E-state index is 2.45. The van der Waals surface area contributed by atoms with Gasteiger partial charge >= 0.3 is 0 Å². The third kappa shape index (κ3) is 2.48. The Balaban J connectivity index is 2.45. The molecule has 0 aliphatic heterocycles. The van der Waals surface area contributed by atoms with E-state index in [1.54, 1.807) is 0 Å². The highest BCUT2D eigenvalue weighted by Gasteiger charge is 2.50. The Kier molecular flexibility index (Phi) is 3.12. The molecule has 1 saturated carbocycles. The van der Waals surface area contributed by atoms with Gasteiger partial charge in [0.2, 0.25) is 0 Å². The molecule has 1 fully saturated rings. The van der Waals surface area contributed by atoms with Crippen LogP contribution in [0.4, 0.5) is 0 Å². The van der Waals surface area contributed by atoms with Crippen LogP contribution in [-0.2, 0) is 0 Å². The van der Waals surface area contributed by atoms with Crippen LogP contribution in [-0.4, -0.2) is 0 Å². The van der Waals surface area contributed by atoms with E-state index in [0.29, 0.717) is 22.2 Å². The molecule has 0 bridgehead atoms. The second-order valence-electron chi connectivity index (χ2n) is 8.34. The van der Waals surface area contributed by atoms with Crippen LogP contribution in [0.3, 0.4) is 0 Å². The molecule has 100 valence electrons. The Morgan fingerprint density at radius 2 is 1.22 bits per heavy atom. The third-order valence-corrected chi connectivity index (χ3v) is 4.56. The van der Waals surface area contributed by atoms with Gasteiger partial charge in [0.05, 0.1) is 0 Å². The van der Waals surface area contributed by atoms with Crippen LogP contribution < -0.4 is 0 Å². The molecule has 0 saturated heterocycles. The van der Waals surface area contributed by atoms with Gasteiger partial charge in [0.15, 0.2) is 0 Å². The quantitative estimate of drug-likeness (QED) is 0.599. The molecule has 1 aromatic carbocycles. The van der Waals surface area contributed by atoms with Crippen molar-refractivity contribution in [2.45, 2.75) is 60.3 Å². The van der Waals surface area contributed by atoms with Crippen molar-refractivity contribution in [3.63, 3.8) is 0 Å². The summed E-state index contributed by atoms with van der Waals surface area (Å²) in [6, 6.07) is 11.1. The van der Waals surface area contributed by atoms with Crippen LogP contribution in [0.5, 0.6) is 0 Å². The second kappa shape index (κ2) is 4.11. The molecule has 1 aliphatic carbocycles. The summed E-state index contributed by atoms with van der Waals surface area (Å²) in [5.41, 5.74) is 2.71. The Labute approximate surface area is 113 Å². The average Bonchev–Trinajstić information content (AvgIpc) is 2.12. The first-order valence-electron chi connectivity index (χ1n) is 7.19. The van der Waals surface area contributed by atoms with E-state index in [9.17, 15) is 0 Å². The molecular formula is C18H28. The highest BCUT2D eigenvalue weighted by molar-refractivity contribution is 5.26. The van der Waals surface area contributed by atoms with Gasteiger partial charge in [-0.05, 0) is 40.6 Å². The maximum Gasteiger partial charge on any atom is -0.00589 e. The summed E-state index contributed by atoms with van der Waals surface area (Å²) in [4.78, 5) is 0. The predicted molar refractivity (Wildman–Crippen MR) is 79.8 cm³/mol. The largest absolute Gasteiger partial charge is 0.0622 e. The van der Waals surface area contributed by atoms with E-state index in [2.05, 4.69) is 71.9 Å². The summed E-state index contributed by atoms with van der Waals surface area (Å²) in [5, 5.41) is 0. The van der Waals surface area contributed by atoms with Crippen LogP contribution in [0.1, 0.15) is 65.9 Å². The monoisotopic (exact) mass is 244 g/mol. The summed E-state index contributed by atoms with van der Waals surface area (Å²) in [7, 11) is 0. The van der Waals surface area contributed by atoms with Crippen molar-refractivity contribution < 1.29 is 0 Å². The summed E-state index contributed by atoms with van der Waals surface area (Å²) >= 11 is 0. The zero-order chi connectivity index (χ0) is 13.6. The normalized spacial score (nSPS) is 25.9. The molecule has 0 radical (unpaired) electrons. The van der Waals surface area contributed by atoms with Gasteiger partial charge in [0, 0.05) is 0 Å². The van der Waals surface area contributed by atoms with E-state index in [0.717, 1.165) is 0 Å². The van der Waals surface area contributed by atoms with Crippen molar-refractivity contribution in [2.24, 2.45) is 16.2 Å². The molecule has 1 aromatic rings. The Hall–Kier alpha value is -0.780. The zero-order valence-corrected chi connectivity index (χ0v) is 12.9. The van der Waals surface area contributed by atoms with Crippen molar-refractivity contribution >= 4 is 0 Å². The van der Waals surface area contributed by atoms with Gasteiger partial charge < -0.3 is 0 Å². The molecular weight excluding hydrogens is 216 g/mol. The maximum atomic E-state index is 2.45. The van der Waals surface area contributed by atoms with Crippen LogP contribution in [0, 0.1) is 16.2 Å².